The van der Waals surface area contributed by atoms with Gasteiger partial charge in [-0.3, -0.25) is 9.59 Å². The van der Waals surface area contributed by atoms with Gasteiger partial charge in [-0.05, 0) is 113 Å². The van der Waals surface area contributed by atoms with Gasteiger partial charge in [0.15, 0.2) is 12.1 Å². The summed E-state index contributed by atoms with van der Waals surface area (Å²) in [4.78, 5) is 28.4. The molecule has 6 unspecified atom stereocenters. The molecule has 17 atom stereocenters. The molecule has 4 aliphatic carbocycles. The van der Waals surface area contributed by atoms with E-state index in [0.29, 0.717) is 17.9 Å². The third-order valence-electron chi connectivity index (χ3n) is 13.6. The van der Waals surface area contributed by atoms with Crippen LogP contribution < -0.4 is 5.32 Å². The van der Waals surface area contributed by atoms with Gasteiger partial charge in [-0.2, -0.15) is 0 Å². The van der Waals surface area contributed by atoms with Crippen LogP contribution >= 0.6 is 0 Å². The molecule has 10 nitrogen and oxygen atoms in total. The van der Waals surface area contributed by atoms with Gasteiger partial charge in [0.2, 0.25) is 0 Å². The topological polar surface area (TPSA) is 111 Å². The van der Waals surface area contributed by atoms with E-state index in [1.54, 1.807) is 21.3 Å². The Hall–Kier alpha value is -1.92. The van der Waals surface area contributed by atoms with E-state index >= 15 is 0 Å². The summed E-state index contributed by atoms with van der Waals surface area (Å²) in [6.45, 7) is 8.43. The molecule has 10 heteroatoms. The Labute approximate surface area is 318 Å². The van der Waals surface area contributed by atoms with Gasteiger partial charge in [-0.25, -0.2) is 0 Å². The highest BCUT2D eigenvalue weighted by Gasteiger charge is 2.52. The molecule has 298 valence electrons. The molecule has 2 aliphatic heterocycles. The van der Waals surface area contributed by atoms with Crippen molar-refractivity contribution in [2.24, 2.45) is 41.4 Å². The maximum absolute atomic E-state index is 14.7. The lowest BCUT2D eigenvalue weighted by molar-refractivity contribution is -0.314. The van der Waals surface area contributed by atoms with Gasteiger partial charge in [0.1, 0.15) is 24.4 Å². The van der Waals surface area contributed by atoms with E-state index in [0.717, 1.165) is 63.4 Å². The fraction of sp³-hybridized carbons (Fsp3) is 0.814. The molecule has 4 fully saturated rings. The van der Waals surface area contributed by atoms with Crippen LogP contribution in [-0.4, -0.2) is 101 Å². The van der Waals surface area contributed by atoms with E-state index in [1.165, 1.54) is 0 Å². The maximum Gasteiger partial charge on any atom is 0.307 e. The van der Waals surface area contributed by atoms with Gasteiger partial charge < -0.3 is 38.5 Å². The number of hydrogen-bond donors (Lipinski definition) is 1. The first-order valence-electron chi connectivity index (χ1n) is 20.6. The zero-order valence-electron chi connectivity index (χ0n) is 33.4. The van der Waals surface area contributed by atoms with E-state index in [-0.39, 0.29) is 90.5 Å². The number of esters is 1. The fourth-order valence-corrected chi connectivity index (χ4v) is 10.7. The lowest BCUT2D eigenvalue weighted by atomic mass is 9.70. The SMILES string of the molecule is CC/C=C/C1CCC[C@H](O[C@H]2CC[C@H](NC)[C@@H](C)C2)[C@@H](C)C(=O)C2=CC3C(C=CC4C[C@@H](O[C@@H]5O[C@@H](C)[C@H](OC)[C@@H](OC)[C@H]5OC)CC43)C2CC(=O)O1. The summed E-state index contributed by atoms with van der Waals surface area (Å²) < 4.78 is 43.5. The van der Waals surface area contributed by atoms with E-state index in [4.69, 9.17) is 33.2 Å². The number of carbonyl (C=O) groups is 2. The second-order valence-electron chi connectivity index (χ2n) is 16.8. The van der Waals surface area contributed by atoms with Gasteiger partial charge in [0.25, 0.3) is 0 Å². The predicted octanol–water partition coefficient (Wildman–Crippen LogP) is 6.37. The van der Waals surface area contributed by atoms with E-state index in [1.807, 2.05) is 20.0 Å². The zero-order valence-corrected chi connectivity index (χ0v) is 33.4. The second-order valence-corrected chi connectivity index (χ2v) is 16.8. The summed E-state index contributed by atoms with van der Waals surface area (Å²) in [7, 11) is 7.03. The molecule has 6 aliphatic rings. The molecule has 0 spiro atoms. The lowest BCUT2D eigenvalue weighted by Gasteiger charge is -2.44. The first-order chi connectivity index (χ1) is 25.6. The van der Waals surface area contributed by atoms with Crippen LogP contribution in [0.5, 0.6) is 0 Å². The fourth-order valence-electron chi connectivity index (χ4n) is 10.7. The molecule has 0 amide bonds. The number of cyclic esters (lactones) is 1. The highest BCUT2D eigenvalue weighted by atomic mass is 16.7. The Bertz CT molecular complexity index is 1330. The smallest absolute Gasteiger partial charge is 0.307 e. The minimum atomic E-state index is -0.590. The van der Waals surface area contributed by atoms with Crippen LogP contribution in [-0.2, 0) is 42.7 Å². The first-order valence-corrected chi connectivity index (χ1v) is 20.6. The predicted molar refractivity (Wildman–Crippen MR) is 202 cm³/mol. The minimum Gasteiger partial charge on any atom is -0.458 e. The third-order valence-corrected chi connectivity index (χ3v) is 13.6. The monoisotopic (exact) mass is 741 g/mol. The number of carbonyl (C=O) groups excluding carboxylic acids is 2. The number of allylic oxidation sites excluding steroid dienone is 5. The summed E-state index contributed by atoms with van der Waals surface area (Å²) in [6.07, 6.45) is 16.9. The van der Waals surface area contributed by atoms with Crippen molar-refractivity contribution in [3.63, 3.8) is 0 Å². The van der Waals surface area contributed by atoms with Gasteiger partial charge in [0, 0.05) is 39.2 Å². The molecule has 53 heavy (non-hydrogen) atoms. The molecule has 2 saturated carbocycles. The number of hydrogen-bond acceptors (Lipinski definition) is 10. The largest absolute Gasteiger partial charge is 0.458 e. The Balaban J connectivity index is 1.22. The number of fused-ring (bicyclic) bond motifs is 5. The van der Waals surface area contributed by atoms with E-state index in [9.17, 15) is 9.59 Å². The number of Topliss-reactive ketones (excluding diaryl/α,β-unsaturated/α-hetero) is 1. The number of nitrogens with one attached hydrogen (secondary N) is 1. The average Bonchev–Trinajstić information content (AvgIpc) is 3.72. The standard InChI is InChI=1S/C43H67NO9/c1-9-10-12-28-13-11-14-37(51-29-16-18-36(44-5)24(2)19-29)25(3)39(46)35-22-33-31(34(35)23-38(45)52-28)17-15-27-20-30(21-32(27)33)53-43-42(49-8)41(48-7)40(47-6)26(4)50-43/h10,12,15,17,22,24-34,36-37,40-44H,9,11,13-14,16,18-21,23H2,1-8H3/b12-10+/t24-,25+,26-,27?,28?,29-,30+,31?,32?,33?,34?,36-,37-,40-,41+,42+,43-/m0/s1. The Morgan fingerprint density at radius 3 is 2.34 bits per heavy atom. The second kappa shape index (κ2) is 18.4. The van der Waals surface area contributed by atoms with Crippen LogP contribution in [0.1, 0.15) is 91.9 Å². The van der Waals surface area contributed by atoms with Crippen molar-refractivity contribution in [3.05, 3.63) is 36.0 Å². The van der Waals surface area contributed by atoms with Crippen LogP contribution in [0, 0.1) is 41.4 Å². The third kappa shape index (κ3) is 8.90. The van der Waals surface area contributed by atoms with Crippen LogP contribution in [0.25, 0.3) is 0 Å². The van der Waals surface area contributed by atoms with Crippen molar-refractivity contribution in [2.75, 3.05) is 28.4 Å². The summed E-state index contributed by atoms with van der Waals surface area (Å²) in [5, 5.41) is 3.47. The Kier molecular flexibility index (Phi) is 14.1. The van der Waals surface area contributed by atoms with Crippen molar-refractivity contribution in [1.29, 1.82) is 0 Å². The number of ether oxygens (including phenoxy) is 7. The molecular weight excluding hydrogens is 674 g/mol. The summed E-state index contributed by atoms with van der Waals surface area (Å²) >= 11 is 0. The summed E-state index contributed by atoms with van der Waals surface area (Å²) in [5.41, 5.74) is 0.790. The van der Waals surface area contributed by atoms with Crippen molar-refractivity contribution in [3.8, 4) is 0 Å². The lowest BCUT2D eigenvalue weighted by Crippen LogP contribution is -2.59. The summed E-state index contributed by atoms with van der Waals surface area (Å²) in [6, 6.07) is 0.502. The highest BCUT2D eigenvalue weighted by Crippen LogP contribution is 2.54. The number of rotatable bonds is 10. The van der Waals surface area contributed by atoms with Crippen molar-refractivity contribution < 1.29 is 42.7 Å². The molecule has 0 aromatic heterocycles. The molecular formula is C43H67NO9. The Morgan fingerprint density at radius 2 is 1.64 bits per heavy atom. The van der Waals surface area contributed by atoms with Gasteiger partial charge in [-0.15, -0.1) is 0 Å². The van der Waals surface area contributed by atoms with Gasteiger partial charge >= 0.3 is 5.97 Å². The molecule has 0 aromatic carbocycles. The molecule has 2 saturated heterocycles. The van der Waals surface area contributed by atoms with Crippen LogP contribution in [0.15, 0.2) is 36.0 Å². The van der Waals surface area contributed by atoms with Crippen molar-refractivity contribution in [2.45, 2.75) is 153 Å². The Morgan fingerprint density at radius 1 is 0.868 bits per heavy atom. The van der Waals surface area contributed by atoms with Gasteiger partial charge in [-0.1, -0.05) is 45.1 Å². The first kappa shape index (κ1) is 40.7. The van der Waals surface area contributed by atoms with E-state index < -0.39 is 12.4 Å². The van der Waals surface area contributed by atoms with Crippen molar-refractivity contribution >= 4 is 11.8 Å². The molecule has 0 bridgehead atoms. The number of ketones is 1. The van der Waals surface area contributed by atoms with Gasteiger partial charge in [0.05, 0.1) is 30.8 Å². The van der Waals surface area contributed by atoms with E-state index in [2.05, 4.69) is 50.4 Å². The number of methoxy groups -OCH3 is 3. The molecule has 2 heterocycles. The summed E-state index contributed by atoms with van der Waals surface area (Å²) in [5.74, 6) is 0.663. The van der Waals surface area contributed by atoms with Crippen molar-refractivity contribution in [1.82, 2.24) is 5.32 Å². The molecule has 0 aromatic rings. The van der Waals surface area contributed by atoms with Crippen LogP contribution in [0.2, 0.25) is 0 Å². The normalized spacial score (nSPS) is 45.1. The highest BCUT2D eigenvalue weighted by molar-refractivity contribution is 5.99. The van der Waals surface area contributed by atoms with Crippen LogP contribution in [0.4, 0.5) is 0 Å². The minimum absolute atomic E-state index is 0.0475. The molecule has 0 radical (unpaired) electrons. The molecule has 1 N–H and O–H groups in total. The van der Waals surface area contributed by atoms with Crippen LogP contribution in [0.3, 0.4) is 0 Å². The molecule has 6 rings (SSSR count). The average molecular weight is 742 g/mol. The maximum atomic E-state index is 14.7. The zero-order chi connectivity index (χ0) is 37.8. The quantitative estimate of drug-likeness (QED) is 0.201.